The Balaban J connectivity index is -0.0000000883. The molecule has 0 bridgehead atoms. The third-order valence-electron chi connectivity index (χ3n) is 0.845. The van der Waals surface area contributed by atoms with Crippen molar-refractivity contribution in [2.24, 2.45) is 0 Å². The number of phosphoric acid groups is 8. The minimum atomic E-state index is -5.55. The molecule has 0 aromatic rings. The van der Waals surface area contributed by atoms with Crippen LogP contribution in [0.5, 0.6) is 0 Å². The van der Waals surface area contributed by atoms with Crippen LogP contribution in [0.3, 0.4) is 0 Å². The Morgan fingerprint density at radius 2 is 0.421 bits per heavy atom. The van der Waals surface area contributed by atoms with Gasteiger partial charge in [0.05, 0.1) is 7.82 Å². The van der Waals surface area contributed by atoms with Crippen molar-refractivity contribution in [2.45, 2.75) is 0 Å². The third-order valence-corrected chi connectivity index (χ3v) is 7.60. The van der Waals surface area contributed by atoms with Crippen LogP contribution in [-0.2, 0) is 53.8 Å². The Bertz CT molecular complexity index is 769. The summed E-state index contributed by atoms with van der Waals surface area (Å²) in [5, 5.41) is 0. The second-order valence-electron chi connectivity index (χ2n) is 4.21. The van der Waals surface area contributed by atoms with Crippen LogP contribution in [0.15, 0.2) is 0 Å². The van der Waals surface area contributed by atoms with Crippen molar-refractivity contribution in [1.82, 2.24) is 0 Å². The third kappa shape index (κ3) is 77.3. The van der Waals surface area contributed by atoms with Crippen LogP contribution in [-0.4, -0.2) is 68.5 Å². The number of hydrogen-bond acceptors (Lipinski definition) is 14. The molecule has 0 heterocycles. The van der Waals surface area contributed by atoms with E-state index in [0.29, 0.717) is 0 Å². The first-order valence-electron chi connectivity index (χ1n) is 6.09. The van der Waals surface area contributed by atoms with E-state index in [0.717, 1.165) is 0 Å². The zero-order valence-electron chi connectivity index (χ0n) is 17.6. The molecule has 38 heavy (non-hydrogen) atoms. The minimum absolute atomic E-state index is 0. The van der Waals surface area contributed by atoms with E-state index in [1.54, 1.807) is 0 Å². The summed E-state index contributed by atoms with van der Waals surface area (Å²) in [6, 6.07) is 0. The van der Waals surface area contributed by atoms with Crippen molar-refractivity contribution < 1.29 is 191 Å². The average Bonchev–Trinajstić information content (AvgIpc) is 2.19. The van der Waals surface area contributed by atoms with E-state index in [2.05, 4.69) is 17.2 Å². The fourth-order valence-corrected chi connectivity index (χ4v) is 4.91. The largest absolute Gasteiger partial charge is 1.00 e. The smallest absolute Gasteiger partial charge is 0.789 e. The summed E-state index contributed by atoms with van der Waals surface area (Å²) >= 11 is 0. The van der Waals surface area contributed by atoms with Crippen LogP contribution in [0.2, 0.25) is 0 Å². The van der Waals surface area contributed by atoms with Gasteiger partial charge in [-0.25, -0.2) is 32.0 Å². The molecule has 0 fully saturated rings. The standard InChI is InChI=1S/2Na.4H4O7P2/c;;4*1-8(2,3)7-9(4,5)6/h;;4*(H2,1,2,3)(H2,4,5,6)/q2*+1;;;;/p-2. The molecule has 0 aromatic carbocycles. The Labute approximate surface area is 252 Å². The van der Waals surface area contributed by atoms with Gasteiger partial charge in [-0.2, -0.15) is 12.9 Å². The van der Waals surface area contributed by atoms with Crippen molar-refractivity contribution in [3.05, 3.63) is 0 Å². The Morgan fingerprint density at radius 3 is 0.421 bits per heavy atom. The van der Waals surface area contributed by atoms with Crippen LogP contribution in [0.25, 0.3) is 0 Å². The summed E-state index contributed by atoms with van der Waals surface area (Å²) in [5.74, 6) is 0. The molecule has 0 unspecified atom stereocenters. The number of hydrogen-bond donors (Lipinski definition) is 14. The molecule has 0 aliphatic rings. The molecule has 0 saturated heterocycles. The van der Waals surface area contributed by atoms with Gasteiger partial charge >= 0.3 is 114 Å². The molecule has 0 saturated carbocycles. The fourth-order valence-electron chi connectivity index (χ4n) is 0.546. The van der Waals surface area contributed by atoms with Crippen molar-refractivity contribution in [3.63, 3.8) is 0 Å². The molecule has 38 heteroatoms. The van der Waals surface area contributed by atoms with Gasteiger partial charge in [0.15, 0.2) is 0 Å². The van der Waals surface area contributed by atoms with Crippen molar-refractivity contribution in [1.29, 1.82) is 0 Å². The summed E-state index contributed by atoms with van der Waals surface area (Å²) < 4.78 is 88.3. The zero-order valence-corrected chi connectivity index (χ0v) is 28.7. The first-order chi connectivity index (χ1) is 14.8. The quantitative estimate of drug-likeness (QED) is 0.0807. The van der Waals surface area contributed by atoms with Gasteiger partial charge in [0.1, 0.15) is 0 Å². The summed E-state index contributed by atoms with van der Waals surface area (Å²) in [6.45, 7) is 0. The predicted molar refractivity (Wildman–Crippen MR) is 96.3 cm³/mol. The maximum atomic E-state index is 9.63. The first kappa shape index (κ1) is 53.6. The van der Waals surface area contributed by atoms with E-state index in [1.807, 2.05) is 0 Å². The van der Waals surface area contributed by atoms with Crippen molar-refractivity contribution >= 4 is 62.6 Å². The molecule has 0 aliphatic carbocycles. The van der Waals surface area contributed by atoms with E-state index in [9.17, 15) is 46.3 Å². The van der Waals surface area contributed by atoms with E-state index in [-0.39, 0.29) is 59.1 Å². The van der Waals surface area contributed by atoms with E-state index < -0.39 is 62.6 Å². The fraction of sp³-hybridized carbons (Fsp3) is 0. The van der Waals surface area contributed by atoms with Crippen LogP contribution >= 0.6 is 62.6 Å². The molecule has 28 nitrogen and oxygen atoms in total. The molecule has 0 aliphatic heterocycles. The monoisotopic (exact) mass is 756 g/mol. The van der Waals surface area contributed by atoms with Gasteiger partial charge in [-0.3, -0.25) is 4.31 Å². The molecule has 0 aromatic heterocycles. The maximum Gasteiger partial charge on any atom is 1.00 e. The van der Waals surface area contributed by atoms with Gasteiger partial charge in [-0.05, 0) is 0 Å². The second kappa shape index (κ2) is 20.1. The summed E-state index contributed by atoms with van der Waals surface area (Å²) in [5.41, 5.74) is 0. The molecular weight excluding hydrogens is 742 g/mol. The molecule has 14 N–H and O–H groups in total. The zero-order chi connectivity index (χ0) is 30.8. The maximum absolute atomic E-state index is 9.63. The van der Waals surface area contributed by atoms with Crippen LogP contribution in [0.1, 0.15) is 0 Å². The van der Waals surface area contributed by atoms with Gasteiger partial charge in [0, 0.05) is 0 Å². The molecule has 0 spiro atoms. The van der Waals surface area contributed by atoms with Gasteiger partial charge in [0.25, 0.3) is 0 Å². The summed E-state index contributed by atoms with van der Waals surface area (Å²) in [6.07, 6.45) is 0. The Morgan fingerprint density at radius 1 is 0.316 bits per heavy atom. The molecule has 0 rings (SSSR count). The summed E-state index contributed by atoms with van der Waals surface area (Å²) in [7, 11) is -41.0. The summed E-state index contributed by atoms with van der Waals surface area (Å²) in [4.78, 5) is 127. The predicted octanol–water partition coefficient (Wildman–Crippen LogP) is -10.5. The van der Waals surface area contributed by atoms with Gasteiger partial charge in [0.2, 0.25) is 0 Å². The Hall–Kier alpha value is 3.04. The SMILES string of the molecule is O=P(O)(O)OP(=O)(O)O.O=P(O)(O)OP(=O)(O)O.O=P(O)(O)OP(=O)(O)O.O=P([O-])([O-])OP(=O)(O)O.[Na+].[Na+]. The van der Waals surface area contributed by atoms with Crippen molar-refractivity contribution in [3.8, 4) is 0 Å². The molecule has 0 amide bonds. The van der Waals surface area contributed by atoms with Crippen LogP contribution in [0, 0.1) is 0 Å². The topological polar surface area (TPSA) is 503 Å². The number of rotatable bonds is 8. The van der Waals surface area contributed by atoms with Crippen LogP contribution < -0.4 is 68.9 Å². The molecule has 224 valence electrons. The Kier molecular flexibility index (Phi) is 28.4. The van der Waals surface area contributed by atoms with Gasteiger partial charge in [-0.15, -0.1) is 0 Å². The average molecular weight is 756 g/mol. The molecular formula is H14Na2O28P8. The van der Waals surface area contributed by atoms with Gasteiger partial charge in [-0.1, -0.05) is 0 Å². The normalized spacial score (nSPS) is 13.1. The van der Waals surface area contributed by atoms with E-state index in [1.165, 1.54) is 0 Å². The van der Waals surface area contributed by atoms with E-state index >= 15 is 0 Å². The first-order valence-corrected chi connectivity index (χ1v) is 18.3. The molecule has 0 radical (unpaired) electrons. The van der Waals surface area contributed by atoms with Gasteiger partial charge < -0.3 is 82.9 Å². The second-order valence-corrected chi connectivity index (χ2v) is 14.6. The molecule has 0 atom stereocenters. The minimum Gasteiger partial charge on any atom is -0.789 e. The van der Waals surface area contributed by atoms with E-state index in [4.69, 9.17) is 68.5 Å². The van der Waals surface area contributed by atoms with Crippen LogP contribution in [0.4, 0.5) is 0 Å². The van der Waals surface area contributed by atoms with Crippen molar-refractivity contribution in [2.75, 3.05) is 0 Å².